The van der Waals surface area contributed by atoms with Gasteiger partial charge in [-0.05, 0) is 53.9 Å². The number of anilines is 1. The molecule has 2 saturated heterocycles. The van der Waals surface area contributed by atoms with E-state index in [4.69, 9.17) is 9.47 Å². The number of nitrogens with one attached hydrogen (secondary N) is 1. The molecule has 2 aromatic carbocycles. The molecule has 1 atom stereocenters. The Labute approximate surface area is 253 Å². The zero-order valence-electron chi connectivity index (χ0n) is 24.8. The second-order valence-corrected chi connectivity index (χ2v) is 11.2. The summed E-state index contributed by atoms with van der Waals surface area (Å²) < 4.78 is 13.1. The SMILES string of the molecule is COc1cc(-c2ccc(=O)n(C)c2)cc(OC)c1CN1CCN(c2ccc3c(c2)C(=O)N(C2CCC(=O)NC2=O)C3=O)CC1. The minimum absolute atomic E-state index is 0.0798. The molecule has 6 rings (SSSR count). The lowest BCUT2D eigenvalue weighted by atomic mass is 10.0. The molecule has 0 aliphatic carbocycles. The molecule has 44 heavy (non-hydrogen) atoms. The zero-order valence-corrected chi connectivity index (χ0v) is 24.8. The third kappa shape index (κ3) is 5.21. The number of amides is 4. The van der Waals surface area contributed by atoms with E-state index in [-0.39, 0.29) is 29.5 Å². The van der Waals surface area contributed by atoms with Crippen LogP contribution in [0.2, 0.25) is 0 Å². The van der Waals surface area contributed by atoms with Crippen LogP contribution in [-0.2, 0) is 23.2 Å². The highest BCUT2D eigenvalue weighted by Crippen LogP contribution is 2.36. The molecule has 1 aromatic heterocycles. The van der Waals surface area contributed by atoms with Crippen LogP contribution in [0.5, 0.6) is 11.5 Å². The Morgan fingerprint density at radius 3 is 2.14 bits per heavy atom. The van der Waals surface area contributed by atoms with Crippen molar-refractivity contribution in [1.82, 2.24) is 19.7 Å². The van der Waals surface area contributed by atoms with Gasteiger partial charge >= 0.3 is 0 Å². The van der Waals surface area contributed by atoms with Crippen molar-refractivity contribution in [3.05, 3.63) is 75.7 Å². The molecule has 4 heterocycles. The van der Waals surface area contributed by atoms with Crippen molar-refractivity contribution in [3.63, 3.8) is 0 Å². The lowest BCUT2D eigenvalue weighted by Crippen LogP contribution is -2.54. The number of hydrogen-bond acceptors (Lipinski definition) is 9. The first kappa shape index (κ1) is 29.1. The largest absolute Gasteiger partial charge is 0.496 e. The molecule has 0 spiro atoms. The molecule has 2 fully saturated rings. The van der Waals surface area contributed by atoms with E-state index in [1.54, 1.807) is 45.7 Å². The molecule has 4 amide bonds. The molecular weight excluding hydrogens is 566 g/mol. The fourth-order valence-electron chi connectivity index (χ4n) is 6.11. The number of pyridine rings is 1. The number of rotatable bonds is 7. The van der Waals surface area contributed by atoms with Gasteiger partial charge in [0.15, 0.2) is 0 Å². The van der Waals surface area contributed by atoms with Crippen molar-refractivity contribution >= 4 is 29.3 Å². The van der Waals surface area contributed by atoms with Crippen molar-refractivity contribution in [2.45, 2.75) is 25.4 Å². The normalized spacial score (nSPS) is 18.8. The van der Waals surface area contributed by atoms with Gasteiger partial charge in [0.2, 0.25) is 17.4 Å². The Kier molecular flexibility index (Phi) is 7.68. The number of piperazine rings is 1. The smallest absolute Gasteiger partial charge is 0.262 e. The Bertz CT molecular complexity index is 1720. The highest BCUT2D eigenvalue weighted by molar-refractivity contribution is 6.23. The highest BCUT2D eigenvalue weighted by atomic mass is 16.5. The minimum atomic E-state index is -0.989. The summed E-state index contributed by atoms with van der Waals surface area (Å²) >= 11 is 0. The second kappa shape index (κ2) is 11.6. The molecule has 0 saturated carbocycles. The molecule has 1 unspecified atom stereocenters. The highest BCUT2D eigenvalue weighted by Gasteiger charge is 2.44. The number of ether oxygens (including phenoxy) is 2. The van der Waals surface area contributed by atoms with Crippen LogP contribution in [0.25, 0.3) is 11.1 Å². The van der Waals surface area contributed by atoms with Crippen LogP contribution in [0.15, 0.2) is 53.5 Å². The number of hydrogen-bond donors (Lipinski definition) is 1. The molecule has 12 nitrogen and oxygen atoms in total. The monoisotopic (exact) mass is 599 g/mol. The first-order valence-corrected chi connectivity index (χ1v) is 14.4. The topological polar surface area (TPSA) is 130 Å². The summed E-state index contributed by atoms with van der Waals surface area (Å²) in [4.78, 5) is 67.6. The number of carbonyl (C=O) groups excluding carboxylic acids is 4. The maximum atomic E-state index is 13.3. The van der Waals surface area contributed by atoms with Gasteiger partial charge in [-0.25, -0.2) is 0 Å². The lowest BCUT2D eigenvalue weighted by molar-refractivity contribution is -0.136. The number of aromatic nitrogens is 1. The Balaban J connectivity index is 1.15. The maximum absolute atomic E-state index is 13.3. The van der Waals surface area contributed by atoms with Crippen LogP contribution in [0, 0.1) is 0 Å². The van der Waals surface area contributed by atoms with Gasteiger partial charge < -0.3 is 18.9 Å². The fraction of sp³-hybridized carbons (Fsp3) is 0.344. The van der Waals surface area contributed by atoms with E-state index in [0.717, 1.165) is 40.4 Å². The van der Waals surface area contributed by atoms with Crippen molar-refractivity contribution < 1.29 is 28.7 Å². The molecule has 0 bridgehead atoms. The van der Waals surface area contributed by atoms with Gasteiger partial charge in [0, 0.05) is 64.1 Å². The van der Waals surface area contributed by atoms with Gasteiger partial charge in [-0.1, -0.05) is 0 Å². The number of nitrogens with zero attached hydrogens (tertiary/aromatic N) is 4. The van der Waals surface area contributed by atoms with Gasteiger partial charge in [0.05, 0.1) is 30.9 Å². The predicted octanol–water partition coefficient (Wildman–Crippen LogP) is 1.79. The van der Waals surface area contributed by atoms with E-state index < -0.39 is 29.7 Å². The molecule has 1 N–H and O–H groups in total. The van der Waals surface area contributed by atoms with Gasteiger partial charge in [0.25, 0.3) is 11.8 Å². The quantitative estimate of drug-likeness (QED) is 0.404. The van der Waals surface area contributed by atoms with E-state index >= 15 is 0 Å². The summed E-state index contributed by atoms with van der Waals surface area (Å²) in [5.41, 5.74) is 3.95. The summed E-state index contributed by atoms with van der Waals surface area (Å²) in [6.45, 7) is 3.46. The van der Waals surface area contributed by atoms with Gasteiger partial charge in [-0.3, -0.25) is 39.1 Å². The third-order valence-electron chi connectivity index (χ3n) is 8.57. The molecule has 12 heteroatoms. The number of aryl methyl sites for hydroxylation is 1. The molecule has 0 radical (unpaired) electrons. The van der Waals surface area contributed by atoms with Gasteiger partial charge in [-0.15, -0.1) is 0 Å². The van der Waals surface area contributed by atoms with Crippen LogP contribution in [0.1, 0.15) is 39.1 Å². The van der Waals surface area contributed by atoms with Crippen molar-refractivity contribution in [3.8, 4) is 22.6 Å². The first-order chi connectivity index (χ1) is 21.2. The van der Waals surface area contributed by atoms with Crippen molar-refractivity contribution in [1.29, 1.82) is 0 Å². The molecule has 3 aliphatic heterocycles. The maximum Gasteiger partial charge on any atom is 0.262 e. The standard InChI is InChI=1S/C32H33N5O7/c1-34-17-19(4-9-29(34)39)20-14-26(43-2)24(27(15-20)44-3)18-35-10-12-36(13-11-35)21-5-6-22-23(16-21)32(42)37(31(22)41)25-7-8-28(38)33-30(25)40/h4-6,9,14-17,25H,7-8,10-13,18H2,1-3H3,(H,33,38,40). The molecule has 3 aromatic rings. The average molecular weight is 600 g/mol. The van der Waals surface area contributed by atoms with Crippen molar-refractivity contribution in [2.75, 3.05) is 45.3 Å². The van der Waals surface area contributed by atoms with Gasteiger partial charge in [0.1, 0.15) is 17.5 Å². The number of fused-ring (bicyclic) bond motifs is 1. The summed E-state index contributed by atoms with van der Waals surface area (Å²) in [5, 5.41) is 2.22. The number of carbonyl (C=O) groups is 4. The van der Waals surface area contributed by atoms with E-state index in [2.05, 4.69) is 15.1 Å². The minimum Gasteiger partial charge on any atom is -0.496 e. The zero-order chi connectivity index (χ0) is 31.1. The predicted molar refractivity (Wildman–Crippen MR) is 161 cm³/mol. The molecular formula is C32H33N5O7. The summed E-state index contributed by atoms with van der Waals surface area (Å²) in [6, 6.07) is 11.4. The number of imide groups is 2. The molecule has 3 aliphatic rings. The third-order valence-corrected chi connectivity index (χ3v) is 8.57. The Morgan fingerprint density at radius 2 is 1.50 bits per heavy atom. The summed E-state index contributed by atoms with van der Waals surface area (Å²) in [7, 11) is 4.97. The second-order valence-electron chi connectivity index (χ2n) is 11.2. The van der Waals surface area contributed by atoms with Crippen LogP contribution < -0.4 is 25.2 Å². The van der Waals surface area contributed by atoms with Gasteiger partial charge in [-0.2, -0.15) is 0 Å². The van der Waals surface area contributed by atoms with Crippen LogP contribution in [0.4, 0.5) is 5.69 Å². The van der Waals surface area contributed by atoms with E-state index in [0.29, 0.717) is 31.1 Å². The number of piperidine rings is 1. The van der Waals surface area contributed by atoms with Crippen LogP contribution >= 0.6 is 0 Å². The Morgan fingerprint density at radius 1 is 0.818 bits per heavy atom. The van der Waals surface area contributed by atoms with E-state index in [9.17, 15) is 24.0 Å². The fourth-order valence-corrected chi connectivity index (χ4v) is 6.11. The lowest BCUT2D eigenvalue weighted by Gasteiger charge is -2.36. The molecule has 228 valence electrons. The van der Waals surface area contributed by atoms with Crippen molar-refractivity contribution in [2.24, 2.45) is 7.05 Å². The van der Waals surface area contributed by atoms with Crippen LogP contribution in [-0.4, -0.2) is 84.4 Å². The summed E-state index contributed by atoms with van der Waals surface area (Å²) in [5.74, 6) is -0.668. The van der Waals surface area contributed by atoms with E-state index in [1.807, 2.05) is 18.2 Å². The average Bonchev–Trinajstić information content (AvgIpc) is 3.27. The number of benzene rings is 2. The first-order valence-electron chi connectivity index (χ1n) is 14.4. The number of methoxy groups -OCH3 is 2. The van der Waals surface area contributed by atoms with E-state index in [1.165, 1.54) is 10.6 Å². The van der Waals surface area contributed by atoms with Crippen LogP contribution in [0.3, 0.4) is 0 Å². The summed E-state index contributed by atoms with van der Waals surface area (Å²) in [6.07, 6.45) is 1.98. The Hall–Kier alpha value is -4.97.